The van der Waals surface area contributed by atoms with E-state index in [0.717, 1.165) is 32.5 Å². The van der Waals surface area contributed by atoms with Gasteiger partial charge in [0, 0.05) is 13.1 Å². The van der Waals surface area contributed by atoms with Gasteiger partial charge in [0.2, 0.25) is 0 Å². The number of carbonyl (C=O) groups is 1. The van der Waals surface area contributed by atoms with Gasteiger partial charge >= 0.3 is 5.97 Å². The van der Waals surface area contributed by atoms with E-state index >= 15 is 0 Å². The van der Waals surface area contributed by atoms with Crippen LogP contribution in [0.15, 0.2) is 0 Å². The summed E-state index contributed by atoms with van der Waals surface area (Å²) in [6.45, 7) is 16.8. The lowest BCUT2D eigenvalue weighted by Gasteiger charge is -2.28. The molecule has 0 aromatic carbocycles. The molecule has 4 nitrogen and oxygen atoms in total. The number of rotatable bonds is 12. The molecule has 126 valence electrons. The minimum absolute atomic E-state index is 0.676. The number of nitrogens with zero attached hydrogens (tertiary/aromatic N) is 1. The zero-order chi connectivity index (χ0) is 16.5. The van der Waals surface area contributed by atoms with E-state index in [1.165, 1.54) is 0 Å². The summed E-state index contributed by atoms with van der Waals surface area (Å²) in [5.41, 5.74) is -0.782. The van der Waals surface area contributed by atoms with Gasteiger partial charge in [0.15, 0.2) is 0 Å². The smallest absolute Gasteiger partial charge is 0.323 e. The van der Waals surface area contributed by atoms with Crippen molar-refractivity contribution in [3.63, 3.8) is 0 Å². The van der Waals surface area contributed by atoms with Gasteiger partial charge in [-0.15, -0.1) is 0 Å². The number of carboxylic acid groups (broad SMARTS) is 1. The summed E-state index contributed by atoms with van der Waals surface area (Å²) >= 11 is 0. The zero-order valence-electron chi connectivity index (χ0n) is 14.9. The molecule has 0 aliphatic rings. The Morgan fingerprint density at radius 1 is 1.14 bits per heavy atom. The van der Waals surface area contributed by atoms with Gasteiger partial charge in [-0.25, -0.2) is 0 Å². The van der Waals surface area contributed by atoms with E-state index in [1.807, 2.05) is 6.92 Å². The summed E-state index contributed by atoms with van der Waals surface area (Å²) in [4.78, 5) is 13.9. The van der Waals surface area contributed by atoms with Gasteiger partial charge in [0.1, 0.15) is 5.54 Å². The maximum Gasteiger partial charge on any atom is 0.323 e. The van der Waals surface area contributed by atoms with Gasteiger partial charge in [-0.05, 0) is 51.1 Å². The molecule has 0 aliphatic heterocycles. The summed E-state index contributed by atoms with van der Waals surface area (Å²) in [5, 5.41) is 12.4. The lowest BCUT2D eigenvalue weighted by molar-refractivity contribution is -0.144. The molecular weight excluding hydrogens is 264 g/mol. The molecule has 1 atom stereocenters. The van der Waals surface area contributed by atoms with Crippen molar-refractivity contribution in [2.45, 2.75) is 66.3 Å². The first-order valence-corrected chi connectivity index (χ1v) is 8.42. The first-order chi connectivity index (χ1) is 9.71. The summed E-state index contributed by atoms with van der Waals surface area (Å²) in [6, 6.07) is 0. The fourth-order valence-corrected chi connectivity index (χ4v) is 2.76. The van der Waals surface area contributed by atoms with Gasteiger partial charge in [-0.3, -0.25) is 4.79 Å². The van der Waals surface area contributed by atoms with Crippen LogP contribution in [0.4, 0.5) is 0 Å². The lowest BCUT2D eigenvalue weighted by atomic mass is 9.94. The number of likely N-dealkylation sites (N-methyl/N-ethyl adjacent to an activating group) is 1. The number of hydrogen-bond donors (Lipinski definition) is 2. The fourth-order valence-electron chi connectivity index (χ4n) is 2.76. The van der Waals surface area contributed by atoms with Gasteiger partial charge in [0.05, 0.1) is 0 Å². The fraction of sp³-hybridized carbons (Fsp3) is 0.941. The molecule has 0 saturated carbocycles. The van der Waals surface area contributed by atoms with Crippen molar-refractivity contribution in [3.8, 4) is 0 Å². The topological polar surface area (TPSA) is 52.6 Å². The van der Waals surface area contributed by atoms with E-state index in [2.05, 4.69) is 37.9 Å². The minimum atomic E-state index is -0.782. The molecule has 0 bridgehead atoms. The predicted octanol–water partition coefficient (Wildman–Crippen LogP) is 3.22. The third-order valence-corrected chi connectivity index (χ3v) is 3.69. The molecule has 0 amide bonds. The monoisotopic (exact) mass is 300 g/mol. The average molecular weight is 300 g/mol. The van der Waals surface area contributed by atoms with Crippen LogP contribution >= 0.6 is 0 Å². The standard InChI is InChI=1S/C17H36N2O2/c1-7-18-17(6,16(20)21)10-8-9-11-19(12-14(2)3)13-15(4)5/h14-15,18H,7-13H2,1-6H3,(H,20,21). The molecule has 0 heterocycles. The highest BCUT2D eigenvalue weighted by Crippen LogP contribution is 2.15. The molecule has 0 spiro atoms. The van der Waals surface area contributed by atoms with Gasteiger partial charge in [-0.1, -0.05) is 34.6 Å². The Bertz CT molecular complexity index is 283. The van der Waals surface area contributed by atoms with Crippen molar-refractivity contribution in [2.24, 2.45) is 11.8 Å². The van der Waals surface area contributed by atoms with Crippen molar-refractivity contribution >= 4 is 5.97 Å². The van der Waals surface area contributed by atoms with Crippen molar-refractivity contribution in [3.05, 3.63) is 0 Å². The highest BCUT2D eigenvalue weighted by atomic mass is 16.4. The van der Waals surface area contributed by atoms with Crippen LogP contribution in [0.2, 0.25) is 0 Å². The van der Waals surface area contributed by atoms with Crippen molar-refractivity contribution in [1.82, 2.24) is 10.2 Å². The van der Waals surface area contributed by atoms with E-state index in [9.17, 15) is 9.90 Å². The van der Waals surface area contributed by atoms with E-state index < -0.39 is 11.5 Å². The predicted molar refractivity (Wildman–Crippen MR) is 89.7 cm³/mol. The van der Waals surface area contributed by atoms with E-state index in [-0.39, 0.29) is 0 Å². The van der Waals surface area contributed by atoms with Crippen LogP contribution in [0.1, 0.15) is 60.8 Å². The third-order valence-electron chi connectivity index (χ3n) is 3.69. The quantitative estimate of drug-likeness (QED) is 0.543. The molecule has 0 aromatic rings. The molecular formula is C17H36N2O2. The van der Waals surface area contributed by atoms with Crippen LogP contribution in [0.25, 0.3) is 0 Å². The summed E-state index contributed by atoms with van der Waals surface area (Å²) in [7, 11) is 0. The Morgan fingerprint density at radius 3 is 2.05 bits per heavy atom. The molecule has 0 aromatic heterocycles. The second kappa shape index (κ2) is 10.2. The second-order valence-electron chi connectivity index (χ2n) is 7.17. The number of aliphatic carboxylic acids is 1. The Labute approximate surface area is 131 Å². The molecule has 0 radical (unpaired) electrons. The second-order valence-corrected chi connectivity index (χ2v) is 7.17. The molecule has 0 aliphatic carbocycles. The van der Waals surface area contributed by atoms with Crippen molar-refractivity contribution < 1.29 is 9.90 Å². The molecule has 1 unspecified atom stereocenters. The molecule has 0 rings (SSSR count). The van der Waals surface area contributed by atoms with E-state index in [0.29, 0.717) is 24.8 Å². The van der Waals surface area contributed by atoms with Crippen LogP contribution < -0.4 is 5.32 Å². The maximum absolute atomic E-state index is 11.4. The molecule has 0 fully saturated rings. The first kappa shape index (κ1) is 20.4. The van der Waals surface area contributed by atoms with Gasteiger partial charge in [0.25, 0.3) is 0 Å². The van der Waals surface area contributed by atoms with Crippen LogP contribution in [0.5, 0.6) is 0 Å². The Balaban J connectivity index is 4.21. The summed E-state index contributed by atoms with van der Waals surface area (Å²) < 4.78 is 0. The van der Waals surface area contributed by atoms with Crippen molar-refractivity contribution in [2.75, 3.05) is 26.2 Å². The number of nitrogens with one attached hydrogen (secondary N) is 1. The number of unbranched alkanes of at least 4 members (excludes halogenated alkanes) is 1. The largest absolute Gasteiger partial charge is 0.480 e. The Morgan fingerprint density at radius 2 is 1.67 bits per heavy atom. The Hall–Kier alpha value is -0.610. The zero-order valence-corrected chi connectivity index (χ0v) is 14.9. The van der Waals surface area contributed by atoms with Crippen LogP contribution in [-0.2, 0) is 4.79 Å². The summed E-state index contributed by atoms with van der Waals surface area (Å²) in [6.07, 6.45) is 2.70. The van der Waals surface area contributed by atoms with Crippen LogP contribution in [0.3, 0.4) is 0 Å². The SMILES string of the molecule is CCNC(C)(CCCCN(CC(C)C)CC(C)C)C(=O)O. The van der Waals surface area contributed by atoms with Crippen LogP contribution in [0, 0.1) is 11.8 Å². The van der Waals surface area contributed by atoms with Crippen molar-refractivity contribution in [1.29, 1.82) is 0 Å². The van der Waals surface area contributed by atoms with E-state index in [4.69, 9.17) is 0 Å². The Kier molecular flexibility index (Phi) is 9.88. The number of hydrogen-bond acceptors (Lipinski definition) is 3. The average Bonchev–Trinajstić information content (AvgIpc) is 2.33. The van der Waals surface area contributed by atoms with E-state index in [1.54, 1.807) is 6.92 Å². The van der Waals surface area contributed by atoms with Crippen LogP contribution in [-0.4, -0.2) is 47.7 Å². The molecule has 21 heavy (non-hydrogen) atoms. The number of carboxylic acids is 1. The molecule has 2 N–H and O–H groups in total. The first-order valence-electron chi connectivity index (χ1n) is 8.42. The summed E-state index contributed by atoms with van der Waals surface area (Å²) in [5.74, 6) is 0.607. The van der Waals surface area contributed by atoms with Gasteiger partial charge in [-0.2, -0.15) is 0 Å². The minimum Gasteiger partial charge on any atom is -0.480 e. The maximum atomic E-state index is 11.4. The highest BCUT2D eigenvalue weighted by molar-refractivity contribution is 5.78. The lowest BCUT2D eigenvalue weighted by Crippen LogP contribution is -2.49. The normalized spacial score (nSPS) is 14.9. The molecule has 4 heteroatoms. The third kappa shape index (κ3) is 9.10. The highest BCUT2D eigenvalue weighted by Gasteiger charge is 2.31. The molecule has 0 saturated heterocycles. The van der Waals surface area contributed by atoms with Gasteiger partial charge < -0.3 is 15.3 Å².